The highest BCUT2D eigenvalue weighted by Crippen LogP contribution is 2.36. The Balaban J connectivity index is 4.20. The predicted octanol–water partition coefficient (Wildman–Crippen LogP) is 4.35. The van der Waals surface area contributed by atoms with E-state index < -0.39 is 8.32 Å². The Morgan fingerprint density at radius 2 is 1.86 bits per heavy atom. The largest absolute Gasteiger partial charge is 0.413 e. The Morgan fingerprint density at radius 3 is 2.21 bits per heavy atom. The van der Waals surface area contributed by atoms with E-state index in [9.17, 15) is 0 Å². The van der Waals surface area contributed by atoms with Crippen molar-refractivity contribution >= 4 is 24.2 Å². The van der Waals surface area contributed by atoms with E-state index >= 15 is 0 Å². The van der Waals surface area contributed by atoms with Crippen LogP contribution in [0.25, 0.3) is 0 Å². The maximum Gasteiger partial charge on any atom is 0.192 e. The zero-order valence-electron chi connectivity index (χ0n) is 10.3. The number of rotatable bonds is 4. The molecule has 0 fully saturated rings. The zero-order valence-corrected chi connectivity index (χ0v) is 12.9. The van der Waals surface area contributed by atoms with Gasteiger partial charge in [-0.25, -0.2) is 0 Å². The van der Waals surface area contributed by atoms with Crippen LogP contribution < -0.4 is 0 Å². The molecule has 0 aromatic carbocycles. The van der Waals surface area contributed by atoms with Gasteiger partial charge in [-0.1, -0.05) is 48.4 Å². The van der Waals surface area contributed by atoms with E-state index in [0.29, 0.717) is 5.04 Å². The minimum absolute atomic E-state index is 0.307. The second-order valence-corrected chi connectivity index (χ2v) is 10.7. The molecule has 0 aliphatic heterocycles. The lowest BCUT2D eigenvalue weighted by Gasteiger charge is -2.36. The maximum absolute atomic E-state index is 6.06. The summed E-state index contributed by atoms with van der Waals surface area (Å²) in [6.45, 7) is 14.3. The van der Waals surface area contributed by atoms with Crippen molar-refractivity contribution in [1.29, 1.82) is 0 Å². The van der Waals surface area contributed by atoms with Gasteiger partial charge >= 0.3 is 0 Å². The van der Waals surface area contributed by atoms with Crippen LogP contribution in [0.3, 0.4) is 0 Å². The molecule has 0 N–H and O–H groups in total. The average molecular weight is 279 g/mol. The molecular weight excluding hydrogens is 256 g/mol. The molecule has 0 aliphatic rings. The summed E-state index contributed by atoms with van der Waals surface area (Å²) in [7, 11) is -1.55. The summed E-state index contributed by atoms with van der Waals surface area (Å²) < 4.78 is 6.06. The van der Waals surface area contributed by atoms with E-state index in [1.807, 2.05) is 0 Å². The molecule has 0 heterocycles. The quantitative estimate of drug-likeness (QED) is 0.422. The van der Waals surface area contributed by atoms with E-state index in [1.54, 1.807) is 0 Å². The topological polar surface area (TPSA) is 9.23 Å². The van der Waals surface area contributed by atoms with Crippen LogP contribution in [-0.2, 0) is 4.43 Å². The van der Waals surface area contributed by atoms with Crippen molar-refractivity contribution in [2.45, 2.75) is 45.8 Å². The van der Waals surface area contributed by atoms with E-state index in [-0.39, 0.29) is 0 Å². The summed E-state index contributed by atoms with van der Waals surface area (Å²) in [5, 5.41) is 1.22. The molecule has 84 valence electrons. The Hall–Kier alpha value is 0.397. The molecular formula is C11H23BrOSi. The van der Waals surface area contributed by atoms with Crippen molar-refractivity contribution < 1.29 is 4.43 Å². The first kappa shape index (κ1) is 14.4. The monoisotopic (exact) mass is 278 g/mol. The van der Waals surface area contributed by atoms with Gasteiger partial charge in [-0.15, -0.1) is 0 Å². The Kier molecular flexibility index (Phi) is 5.63. The van der Waals surface area contributed by atoms with Gasteiger partial charge < -0.3 is 4.43 Å². The molecule has 14 heavy (non-hydrogen) atoms. The molecule has 0 radical (unpaired) electrons. The fraction of sp³-hybridized carbons (Fsp3) is 0.818. The molecule has 0 atom stereocenters. The first-order valence-electron chi connectivity index (χ1n) is 5.06. The molecule has 0 spiro atoms. The Morgan fingerprint density at radius 1 is 1.36 bits per heavy atom. The second kappa shape index (κ2) is 5.47. The van der Waals surface area contributed by atoms with Gasteiger partial charge in [0.1, 0.15) is 0 Å². The Bertz CT molecular complexity index is 204. The van der Waals surface area contributed by atoms with Gasteiger partial charge in [-0.2, -0.15) is 0 Å². The van der Waals surface area contributed by atoms with Crippen molar-refractivity contribution in [3.63, 3.8) is 0 Å². The summed E-state index contributed by atoms with van der Waals surface area (Å²) >= 11 is 3.39. The molecule has 0 rings (SSSR count). The maximum atomic E-state index is 6.06. The van der Waals surface area contributed by atoms with E-state index in [0.717, 1.165) is 11.9 Å². The van der Waals surface area contributed by atoms with Gasteiger partial charge in [0.25, 0.3) is 0 Å². The number of hydrogen-bond donors (Lipinski definition) is 0. The average Bonchev–Trinajstić information content (AvgIpc) is 1.99. The molecule has 0 amide bonds. The third-order valence-corrected chi connectivity index (χ3v) is 7.69. The third kappa shape index (κ3) is 4.76. The number of halogens is 1. The van der Waals surface area contributed by atoms with Gasteiger partial charge in [0.2, 0.25) is 0 Å². The van der Waals surface area contributed by atoms with Crippen LogP contribution in [0.15, 0.2) is 11.6 Å². The molecule has 3 heteroatoms. The van der Waals surface area contributed by atoms with Crippen LogP contribution in [0.1, 0.15) is 27.7 Å². The van der Waals surface area contributed by atoms with Crippen LogP contribution in [0.4, 0.5) is 0 Å². The van der Waals surface area contributed by atoms with Crippen molar-refractivity contribution in [2.24, 2.45) is 0 Å². The molecule has 0 aromatic heterocycles. The van der Waals surface area contributed by atoms with Gasteiger partial charge in [0, 0.05) is 5.33 Å². The summed E-state index contributed by atoms with van der Waals surface area (Å²) in [6.07, 6.45) is 2.16. The van der Waals surface area contributed by atoms with E-state index in [4.69, 9.17) is 4.43 Å². The van der Waals surface area contributed by atoms with E-state index in [1.165, 1.54) is 5.57 Å². The highest BCUT2D eigenvalue weighted by Gasteiger charge is 2.36. The summed E-state index contributed by atoms with van der Waals surface area (Å²) in [5.74, 6) is 0. The molecule has 1 nitrogen and oxygen atoms in total. The fourth-order valence-corrected chi connectivity index (χ4v) is 2.28. The van der Waals surface area contributed by atoms with Crippen LogP contribution in [0.5, 0.6) is 0 Å². The zero-order chi connectivity index (χ0) is 11.4. The summed E-state index contributed by atoms with van der Waals surface area (Å²) in [5.41, 5.74) is 1.31. The lowest BCUT2D eigenvalue weighted by atomic mass is 10.2. The first-order valence-corrected chi connectivity index (χ1v) is 9.09. The minimum atomic E-state index is -1.55. The third-order valence-electron chi connectivity index (χ3n) is 2.89. The van der Waals surface area contributed by atoms with Crippen molar-refractivity contribution in [2.75, 3.05) is 11.9 Å². The van der Waals surface area contributed by atoms with E-state index in [2.05, 4.69) is 62.8 Å². The molecule has 0 saturated carbocycles. The normalized spacial score (nSPS) is 14.6. The minimum Gasteiger partial charge on any atom is -0.413 e. The van der Waals surface area contributed by atoms with Gasteiger partial charge in [-0.05, 0) is 25.1 Å². The van der Waals surface area contributed by atoms with Crippen LogP contribution in [0.2, 0.25) is 18.1 Å². The molecule has 0 unspecified atom stereocenters. The molecule has 0 bridgehead atoms. The highest BCUT2D eigenvalue weighted by atomic mass is 79.9. The Labute approximate surface area is 98.2 Å². The van der Waals surface area contributed by atoms with Crippen LogP contribution in [0, 0.1) is 0 Å². The summed E-state index contributed by atoms with van der Waals surface area (Å²) in [4.78, 5) is 0. The number of hydrogen-bond acceptors (Lipinski definition) is 1. The molecule has 0 aliphatic carbocycles. The standard InChI is InChI=1S/C11H23BrOSi/c1-10(7-8-12)9-13-14(5,6)11(2,3)4/h7H,8-9H2,1-6H3/b10-7+. The lowest BCUT2D eigenvalue weighted by molar-refractivity contribution is 0.318. The molecule has 0 saturated heterocycles. The molecule has 0 aromatic rings. The second-order valence-electron chi connectivity index (χ2n) is 5.25. The smallest absolute Gasteiger partial charge is 0.192 e. The SMILES string of the molecule is C/C(=C\CBr)CO[Si](C)(C)C(C)(C)C. The van der Waals surface area contributed by atoms with Crippen molar-refractivity contribution in [1.82, 2.24) is 0 Å². The number of allylic oxidation sites excluding steroid dienone is 1. The highest BCUT2D eigenvalue weighted by molar-refractivity contribution is 9.09. The predicted molar refractivity (Wildman–Crippen MR) is 70.7 cm³/mol. The lowest BCUT2D eigenvalue weighted by Crippen LogP contribution is -2.41. The van der Waals surface area contributed by atoms with Crippen molar-refractivity contribution in [3.05, 3.63) is 11.6 Å². The van der Waals surface area contributed by atoms with Crippen molar-refractivity contribution in [3.8, 4) is 0 Å². The fourth-order valence-electron chi connectivity index (χ4n) is 0.701. The van der Waals surface area contributed by atoms with Gasteiger partial charge in [0.05, 0.1) is 6.61 Å². The summed E-state index contributed by atoms with van der Waals surface area (Å²) in [6, 6.07) is 0. The van der Waals surface area contributed by atoms with Gasteiger partial charge in [0.15, 0.2) is 8.32 Å². The number of alkyl halides is 1. The van der Waals surface area contributed by atoms with Gasteiger partial charge in [-0.3, -0.25) is 0 Å². The van der Waals surface area contributed by atoms with Crippen LogP contribution in [-0.4, -0.2) is 20.3 Å². The first-order chi connectivity index (χ1) is 6.20. The van der Waals surface area contributed by atoms with Crippen LogP contribution >= 0.6 is 15.9 Å².